The average Bonchev–Trinajstić information content (AvgIpc) is 3.05. The van der Waals surface area contributed by atoms with Gasteiger partial charge in [-0.1, -0.05) is 18.5 Å². The fourth-order valence-corrected chi connectivity index (χ4v) is 4.20. The molecule has 1 aromatic rings. The average molecular weight is 315 g/mol. The lowest BCUT2D eigenvalue weighted by Crippen LogP contribution is -2.57. The van der Waals surface area contributed by atoms with Crippen molar-refractivity contribution < 1.29 is 0 Å². The molecular formula is C16H27ClN2S. The molecule has 20 heavy (non-hydrogen) atoms. The van der Waals surface area contributed by atoms with Crippen LogP contribution in [0.4, 0.5) is 0 Å². The van der Waals surface area contributed by atoms with E-state index in [1.165, 1.54) is 37.2 Å². The Kier molecular flexibility index (Phi) is 5.91. The van der Waals surface area contributed by atoms with E-state index in [1.54, 1.807) is 11.3 Å². The van der Waals surface area contributed by atoms with Gasteiger partial charge < -0.3 is 5.32 Å². The van der Waals surface area contributed by atoms with Gasteiger partial charge in [0.2, 0.25) is 0 Å². The van der Waals surface area contributed by atoms with Crippen LogP contribution in [0.3, 0.4) is 0 Å². The quantitative estimate of drug-likeness (QED) is 0.812. The van der Waals surface area contributed by atoms with E-state index in [9.17, 15) is 0 Å². The predicted octanol–water partition coefficient (Wildman–Crippen LogP) is 4.19. The monoisotopic (exact) mass is 314 g/mol. The minimum atomic E-state index is 0.197. The number of likely N-dealkylation sites (tertiary alicyclic amines) is 1. The van der Waals surface area contributed by atoms with E-state index < -0.39 is 0 Å². The van der Waals surface area contributed by atoms with E-state index >= 15 is 0 Å². The molecule has 1 aliphatic rings. The summed E-state index contributed by atoms with van der Waals surface area (Å²) in [6.45, 7) is 10.6. The summed E-state index contributed by atoms with van der Waals surface area (Å²) in [5, 5.41) is 3.77. The van der Waals surface area contributed by atoms with E-state index in [0.29, 0.717) is 6.04 Å². The van der Waals surface area contributed by atoms with Crippen molar-refractivity contribution in [3.05, 3.63) is 21.3 Å². The second-order valence-corrected chi connectivity index (χ2v) is 8.06. The van der Waals surface area contributed by atoms with E-state index in [4.69, 9.17) is 11.6 Å². The van der Waals surface area contributed by atoms with Gasteiger partial charge in [0, 0.05) is 16.5 Å². The van der Waals surface area contributed by atoms with E-state index in [1.807, 2.05) is 6.07 Å². The van der Waals surface area contributed by atoms with Crippen molar-refractivity contribution in [3.63, 3.8) is 0 Å². The Morgan fingerprint density at radius 2 is 2.05 bits per heavy atom. The van der Waals surface area contributed by atoms with Crippen LogP contribution in [0, 0.1) is 0 Å². The molecule has 0 radical (unpaired) electrons. The molecule has 0 bridgehead atoms. The molecule has 2 heterocycles. The molecule has 2 rings (SSSR count). The highest BCUT2D eigenvalue weighted by molar-refractivity contribution is 7.16. The fraction of sp³-hybridized carbons (Fsp3) is 0.750. The molecule has 1 unspecified atom stereocenters. The Bertz CT molecular complexity index is 410. The Hall–Kier alpha value is -0.0900. The van der Waals surface area contributed by atoms with Crippen molar-refractivity contribution in [1.29, 1.82) is 0 Å². The number of thiophene rings is 1. The van der Waals surface area contributed by atoms with Gasteiger partial charge in [-0.3, -0.25) is 4.90 Å². The van der Waals surface area contributed by atoms with Gasteiger partial charge in [-0.2, -0.15) is 0 Å². The highest BCUT2D eigenvalue weighted by Crippen LogP contribution is 2.29. The van der Waals surface area contributed by atoms with E-state index in [2.05, 4.69) is 37.1 Å². The smallest absolute Gasteiger partial charge is 0.0931 e. The van der Waals surface area contributed by atoms with Crippen LogP contribution in [0.25, 0.3) is 0 Å². The van der Waals surface area contributed by atoms with Crippen LogP contribution in [0.2, 0.25) is 4.34 Å². The fourth-order valence-electron chi connectivity index (χ4n) is 3.07. The number of halogens is 1. The summed E-state index contributed by atoms with van der Waals surface area (Å²) in [7, 11) is 0. The van der Waals surface area contributed by atoms with Gasteiger partial charge in [-0.15, -0.1) is 11.3 Å². The number of nitrogens with one attached hydrogen (secondary N) is 1. The van der Waals surface area contributed by atoms with Crippen LogP contribution in [0.15, 0.2) is 12.1 Å². The second kappa shape index (κ2) is 7.26. The normalized spacial score (nSPS) is 18.6. The zero-order valence-electron chi connectivity index (χ0n) is 12.9. The van der Waals surface area contributed by atoms with Crippen molar-refractivity contribution in [2.45, 2.75) is 58.0 Å². The summed E-state index contributed by atoms with van der Waals surface area (Å²) in [5.41, 5.74) is 0.197. The molecular weight excluding hydrogens is 288 g/mol. The predicted molar refractivity (Wildman–Crippen MR) is 90.0 cm³/mol. The largest absolute Gasteiger partial charge is 0.312 e. The summed E-state index contributed by atoms with van der Waals surface area (Å²) < 4.78 is 0.897. The first kappa shape index (κ1) is 16.3. The minimum absolute atomic E-state index is 0.197. The Balaban J connectivity index is 2.08. The molecule has 1 aromatic heterocycles. The molecule has 1 aliphatic heterocycles. The second-order valence-electron chi connectivity index (χ2n) is 6.26. The van der Waals surface area contributed by atoms with Crippen molar-refractivity contribution in [1.82, 2.24) is 10.2 Å². The van der Waals surface area contributed by atoms with Crippen LogP contribution in [-0.4, -0.2) is 36.1 Å². The van der Waals surface area contributed by atoms with Crippen LogP contribution in [0.5, 0.6) is 0 Å². The zero-order valence-corrected chi connectivity index (χ0v) is 14.5. The minimum Gasteiger partial charge on any atom is -0.312 e. The maximum absolute atomic E-state index is 6.08. The van der Waals surface area contributed by atoms with E-state index in [0.717, 1.165) is 17.3 Å². The molecule has 0 aromatic carbocycles. The molecule has 4 heteroatoms. The van der Waals surface area contributed by atoms with Gasteiger partial charge in [0.25, 0.3) is 0 Å². The molecule has 2 nitrogen and oxygen atoms in total. The van der Waals surface area contributed by atoms with Gasteiger partial charge in [0.15, 0.2) is 0 Å². The van der Waals surface area contributed by atoms with Crippen LogP contribution in [-0.2, 0) is 6.42 Å². The summed E-state index contributed by atoms with van der Waals surface area (Å²) in [5.74, 6) is 0. The van der Waals surface area contributed by atoms with Crippen molar-refractivity contribution in [2.24, 2.45) is 0 Å². The highest BCUT2D eigenvalue weighted by atomic mass is 35.5. The summed E-state index contributed by atoms with van der Waals surface area (Å²) in [4.78, 5) is 4.03. The van der Waals surface area contributed by atoms with Gasteiger partial charge >= 0.3 is 0 Å². The number of hydrogen-bond donors (Lipinski definition) is 1. The van der Waals surface area contributed by atoms with Crippen molar-refractivity contribution in [3.8, 4) is 0 Å². The van der Waals surface area contributed by atoms with Crippen LogP contribution < -0.4 is 5.32 Å². The maximum atomic E-state index is 6.08. The standard InChI is InChI=1S/C16H27ClN2S/c1-4-9-18-14(12-13-7-8-15(17)20-13)16(2,3)19-10-5-6-11-19/h7-8,14,18H,4-6,9-12H2,1-3H3. The molecule has 1 fully saturated rings. The number of rotatable bonds is 7. The number of hydrogen-bond acceptors (Lipinski definition) is 3. The lowest BCUT2D eigenvalue weighted by Gasteiger charge is -2.42. The van der Waals surface area contributed by atoms with Gasteiger partial charge in [0.1, 0.15) is 0 Å². The topological polar surface area (TPSA) is 15.3 Å². The first-order valence-corrected chi connectivity index (χ1v) is 8.96. The van der Waals surface area contributed by atoms with Crippen molar-refractivity contribution in [2.75, 3.05) is 19.6 Å². The molecule has 0 aliphatic carbocycles. The molecule has 0 amide bonds. The van der Waals surface area contributed by atoms with Crippen LogP contribution in [0.1, 0.15) is 44.9 Å². The molecule has 1 saturated heterocycles. The third-order valence-corrected chi connectivity index (χ3v) is 5.70. The summed E-state index contributed by atoms with van der Waals surface area (Å²) >= 11 is 7.79. The Morgan fingerprint density at radius 1 is 1.35 bits per heavy atom. The summed E-state index contributed by atoms with van der Waals surface area (Å²) in [6, 6.07) is 4.67. The van der Waals surface area contributed by atoms with Crippen LogP contribution >= 0.6 is 22.9 Å². The molecule has 1 atom stereocenters. The van der Waals surface area contributed by atoms with Gasteiger partial charge in [-0.05, 0) is 71.3 Å². The van der Waals surface area contributed by atoms with Gasteiger partial charge in [-0.25, -0.2) is 0 Å². The zero-order chi connectivity index (χ0) is 14.6. The highest BCUT2D eigenvalue weighted by Gasteiger charge is 2.36. The third kappa shape index (κ3) is 3.97. The first-order valence-electron chi connectivity index (χ1n) is 7.76. The third-order valence-electron chi connectivity index (χ3n) is 4.45. The summed E-state index contributed by atoms with van der Waals surface area (Å²) in [6.07, 6.45) is 4.93. The molecule has 0 spiro atoms. The Labute approximate surface area is 132 Å². The molecule has 114 valence electrons. The first-order chi connectivity index (χ1) is 9.54. The molecule has 0 saturated carbocycles. The lowest BCUT2D eigenvalue weighted by molar-refractivity contribution is 0.107. The van der Waals surface area contributed by atoms with E-state index in [-0.39, 0.29) is 5.54 Å². The molecule has 1 N–H and O–H groups in total. The Morgan fingerprint density at radius 3 is 2.60 bits per heavy atom. The number of nitrogens with zero attached hydrogens (tertiary/aromatic N) is 1. The SMILES string of the molecule is CCCNC(Cc1ccc(Cl)s1)C(C)(C)N1CCCC1. The van der Waals surface area contributed by atoms with Gasteiger partial charge in [0.05, 0.1) is 4.34 Å². The lowest BCUT2D eigenvalue weighted by atomic mass is 9.89. The maximum Gasteiger partial charge on any atom is 0.0931 e. The van der Waals surface area contributed by atoms with Crippen molar-refractivity contribution >= 4 is 22.9 Å².